The predicted molar refractivity (Wildman–Crippen MR) is 99.2 cm³/mol. The summed E-state index contributed by atoms with van der Waals surface area (Å²) >= 11 is 5.79. The number of benzene rings is 2. The fourth-order valence-corrected chi connectivity index (χ4v) is 2.16. The largest absolute Gasteiger partial charge is 0.492 e. The Labute approximate surface area is 157 Å². The molecule has 6 nitrogen and oxygen atoms in total. The van der Waals surface area contributed by atoms with Crippen LogP contribution in [0.5, 0.6) is 5.75 Å². The lowest BCUT2D eigenvalue weighted by Crippen LogP contribution is -2.45. The van der Waals surface area contributed by atoms with Crippen molar-refractivity contribution in [2.75, 3.05) is 13.2 Å². The van der Waals surface area contributed by atoms with Crippen LogP contribution in [-0.4, -0.2) is 31.2 Å². The Morgan fingerprint density at radius 1 is 1.08 bits per heavy atom. The molecule has 7 heteroatoms. The zero-order valence-corrected chi connectivity index (χ0v) is 15.2. The van der Waals surface area contributed by atoms with E-state index in [-0.39, 0.29) is 12.5 Å². The number of hydrogen-bond acceptors (Lipinski definition) is 4. The molecule has 0 radical (unpaired) electrons. The van der Waals surface area contributed by atoms with Gasteiger partial charge in [-0.1, -0.05) is 41.9 Å². The predicted octanol–water partition coefficient (Wildman–Crippen LogP) is 3.15. The van der Waals surface area contributed by atoms with Gasteiger partial charge in [0.05, 0.1) is 6.54 Å². The number of nitrogens with one attached hydrogen (secondary N) is 2. The van der Waals surface area contributed by atoms with Gasteiger partial charge in [0, 0.05) is 5.02 Å². The molecule has 0 aliphatic carbocycles. The van der Waals surface area contributed by atoms with Crippen molar-refractivity contribution >= 4 is 23.6 Å². The van der Waals surface area contributed by atoms with E-state index >= 15 is 0 Å². The number of carbonyl (C=O) groups is 2. The topological polar surface area (TPSA) is 76.7 Å². The first-order valence-corrected chi connectivity index (χ1v) is 8.55. The third-order valence-corrected chi connectivity index (χ3v) is 3.68. The van der Waals surface area contributed by atoms with E-state index in [9.17, 15) is 9.59 Å². The summed E-state index contributed by atoms with van der Waals surface area (Å²) in [6, 6.07) is 15.5. The smallest absolute Gasteiger partial charge is 0.408 e. The van der Waals surface area contributed by atoms with Crippen LogP contribution in [0.15, 0.2) is 54.6 Å². The third kappa shape index (κ3) is 7.03. The van der Waals surface area contributed by atoms with Crippen LogP contribution in [-0.2, 0) is 16.1 Å². The Bertz CT molecular complexity index is 707. The van der Waals surface area contributed by atoms with Gasteiger partial charge < -0.3 is 20.1 Å². The van der Waals surface area contributed by atoms with E-state index in [0.29, 0.717) is 23.9 Å². The molecule has 0 aromatic heterocycles. The summed E-state index contributed by atoms with van der Waals surface area (Å²) in [5.41, 5.74) is 0.874. The van der Waals surface area contributed by atoms with Crippen LogP contribution in [0.4, 0.5) is 4.79 Å². The first kappa shape index (κ1) is 19.6. The molecule has 2 aromatic carbocycles. The molecule has 1 atom stereocenters. The van der Waals surface area contributed by atoms with Gasteiger partial charge in [0.1, 0.15) is 25.0 Å². The molecular weight excluding hydrogens is 356 g/mol. The SMILES string of the molecule is C[C@H](NC(=O)OCc1ccccc1)C(=O)NCCOc1ccc(Cl)cc1. The van der Waals surface area contributed by atoms with Gasteiger partial charge >= 0.3 is 6.09 Å². The average Bonchev–Trinajstić information content (AvgIpc) is 2.65. The molecule has 0 bridgehead atoms. The highest BCUT2D eigenvalue weighted by atomic mass is 35.5. The summed E-state index contributed by atoms with van der Waals surface area (Å²) in [5.74, 6) is 0.348. The van der Waals surface area contributed by atoms with Crippen molar-refractivity contribution in [1.29, 1.82) is 0 Å². The van der Waals surface area contributed by atoms with Crippen molar-refractivity contribution < 1.29 is 19.1 Å². The van der Waals surface area contributed by atoms with Crippen molar-refractivity contribution in [3.8, 4) is 5.75 Å². The third-order valence-electron chi connectivity index (χ3n) is 3.42. The highest BCUT2D eigenvalue weighted by Gasteiger charge is 2.15. The highest BCUT2D eigenvalue weighted by molar-refractivity contribution is 6.30. The first-order valence-electron chi connectivity index (χ1n) is 8.18. The zero-order chi connectivity index (χ0) is 18.8. The van der Waals surface area contributed by atoms with Gasteiger partial charge in [0.15, 0.2) is 0 Å². The second-order valence-electron chi connectivity index (χ2n) is 5.52. The Balaban J connectivity index is 1.62. The van der Waals surface area contributed by atoms with Gasteiger partial charge in [0.2, 0.25) is 5.91 Å². The molecule has 0 aliphatic rings. The number of carbonyl (C=O) groups excluding carboxylic acids is 2. The molecule has 0 spiro atoms. The second kappa shape index (κ2) is 10.3. The average molecular weight is 377 g/mol. The van der Waals surface area contributed by atoms with E-state index in [1.54, 1.807) is 31.2 Å². The molecule has 2 rings (SSSR count). The quantitative estimate of drug-likeness (QED) is 0.694. The molecule has 2 N–H and O–H groups in total. The minimum atomic E-state index is -0.714. The molecule has 2 amide bonds. The van der Waals surface area contributed by atoms with E-state index in [0.717, 1.165) is 5.56 Å². The van der Waals surface area contributed by atoms with Crippen LogP contribution in [0.25, 0.3) is 0 Å². The van der Waals surface area contributed by atoms with Gasteiger partial charge in [-0.15, -0.1) is 0 Å². The van der Waals surface area contributed by atoms with Crippen LogP contribution >= 0.6 is 11.6 Å². The van der Waals surface area contributed by atoms with Gasteiger partial charge in [0.25, 0.3) is 0 Å². The summed E-state index contributed by atoms with van der Waals surface area (Å²) in [4.78, 5) is 23.7. The molecule has 0 saturated carbocycles. The molecule has 26 heavy (non-hydrogen) atoms. The molecule has 0 saturated heterocycles. The monoisotopic (exact) mass is 376 g/mol. The number of alkyl carbamates (subject to hydrolysis) is 1. The zero-order valence-electron chi connectivity index (χ0n) is 14.4. The number of rotatable bonds is 8. The minimum absolute atomic E-state index is 0.149. The second-order valence-corrected chi connectivity index (χ2v) is 5.96. The van der Waals surface area contributed by atoms with Crippen LogP contribution in [0, 0.1) is 0 Å². The van der Waals surface area contributed by atoms with Crippen LogP contribution in [0.2, 0.25) is 5.02 Å². The van der Waals surface area contributed by atoms with Crippen LogP contribution in [0.1, 0.15) is 12.5 Å². The molecule has 0 fully saturated rings. The standard InChI is InChI=1S/C19H21ClN2O4/c1-14(22-19(24)26-13-15-5-3-2-4-6-15)18(23)21-11-12-25-17-9-7-16(20)8-10-17/h2-10,14H,11-13H2,1H3,(H,21,23)(H,22,24)/t14-/m0/s1. The van der Waals surface area contributed by atoms with E-state index in [4.69, 9.17) is 21.1 Å². The van der Waals surface area contributed by atoms with Crippen molar-refractivity contribution in [2.24, 2.45) is 0 Å². The van der Waals surface area contributed by atoms with Gasteiger partial charge in [-0.25, -0.2) is 4.79 Å². The molecule has 0 aliphatic heterocycles. The molecule has 2 aromatic rings. The molecule has 138 valence electrons. The van der Waals surface area contributed by atoms with Crippen LogP contribution in [0.3, 0.4) is 0 Å². The minimum Gasteiger partial charge on any atom is -0.492 e. The summed E-state index contributed by atoms with van der Waals surface area (Å²) in [6.07, 6.45) is -0.645. The van der Waals surface area contributed by atoms with Gasteiger partial charge in [-0.3, -0.25) is 4.79 Å². The lowest BCUT2D eigenvalue weighted by atomic mass is 10.2. The number of amides is 2. The van der Waals surface area contributed by atoms with Crippen molar-refractivity contribution in [3.05, 3.63) is 65.2 Å². The number of hydrogen-bond donors (Lipinski definition) is 2. The fraction of sp³-hybridized carbons (Fsp3) is 0.263. The van der Waals surface area contributed by atoms with E-state index < -0.39 is 12.1 Å². The number of ether oxygens (including phenoxy) is 2. The van der Waals surface area contributed by atoms with Crippen LogP contribution < -0.4 is 15.4 Å². The summed E-state index contributed by atoms with van der Waals surface area (Å²) < 4.78 is 10.6. The van der Waals surface area contributed by atoms with Crippen molar-refractivity contribution in [2.45, 2.75) is 19.6 Å². The molecular formula is C19H21ClN2O4. The maximum absolute atomic E-state index is 12.0. The first-order chi connectivity index (χ1) is 12.5. The van der Waals surface area contributed by atoms with Gasteiger partial charge in [-0.2, -0.15) is 0 Å². The Morgan fingerprint density at radius 3 is 2.46 bits per heavy atom. The van der Waals surface area contributed by atoms with Crippen molar-refractivity contribution in [3.63, 3.8) is 0 Å². The maximum atomic E-state index is 12.0. The molecule has 0 unspecified atom stereocenters. The normalized spacial score (nSPS) is 11.3. The highest BCUT2D eigenvalue weighted by Crippen LogP contribution is 2.15. The number of halogens is 1. The Kier molecular flexibility index (Phi) is 7.76. The fourth-order valence-electron chi connectivity index (χ4n) is 2.03. The Hall–Kier alpha value is -2.73. The lowest BCUT2D eigenvalue weighted by Gasteiger charge is -2.14. The molecule has 0 heterocycles. The summed E-state index contributed by atoms with van der Waals surface area (Å²) in [6.45, 7) is 2.35. The van der Waals surface area contributed by atoms with E-state index in [1.807, 2.05) is 30.3 Å². The summed E-state index contributed by atoms with van der Waals surface area (Å²) in [5, 5.41) is 5.80. The van der Waals surface area contributed by atoms with E-state index in [2.05, 4.69) is 10.6 Å². The maximum Gasteiger partial charge on any atom is 0.408 e. The van der Waals surface area contributed by atoms with Gasteiger partial charge in [-0.05, 0) is 36.8 Å². The van der Waals surface area contributed by atoms with Crippen molar-refractivity contribution in [1.82, 2.24) is 10.6 Å². The summed E-state index contributed by atoms with van der Waals surface area (Å²) in [7, 11) is 0. The van der Waals surface area contributed by atoms with E-state index in [1.165, 1.54) is 0 Å². The lowest BCUT2D eigenvalue weighted by molar-refractivity contribution is -0.122. The Morgan fingerprint density at radius 2 is 1.77 bits per heavy atom.